The number of H-pyrrole nitrogens is 1. The minimum Gasteiger partial charge on any atom is -0.491 e. The molecule has 1 aliphatic rings. The van der Waals surface area contributed by atoms with Gasteiger partial charge in [0.1, 0.15) is 12.4 Å². The molecule has 0 fully saturated rings. The maximum atomic E-state index is 13.3. The number of benzene rings is 2. The first-order chi connectivity index (χ1) is 13.3. The summed E-state index contributed by atoms with van der Waals surface area (Å²) in [7, 11) is 0. The van der Waals surface area contributed by atoms with E-state index < -0.39 is 11.5 Å². The molecule has 0 saturated heterocycles. The SMILES string of the molecule is Cc1ccc2c3c([nH]c2c1)C(C)(C)c1cc(OCC(O)CCO)ccc1C3=O. The van der Waals surface area contributed by atoms with Crippen molar-refractivity contribution in [1.82, 2.24) is 4.98 Å². The number of aliphatic hydroxyl groups excluding tert-OH is 2. The number of aromatic amines is 1. The van der Waals surface area contributed by atoms with Gasteiger partial charge in [-0.15, -0.1) is 0 Å². The zero-order chi connectivity index (χ0) is 20.1. The summed E-state index contributed by atoms with van der Waals surface area (Å²) in [5.74, 6) is 0.623. The van der Waals surface area contributed by atoms with Gasteiger partial charge >= 0.3 is 0 Å². The third-order valence-corrected chi connectivity index (χ3v) is 5.62. The predicted octanol–water partition coefficient (Wildman–Crippen LogP) is 3.47. The van der Waals surface area contributed by atoms with Crippen molar-refractivity contribution in [3.8, 4) is 5.75 Å². The molecule has 1 heterocycles. The molecular formula is C23H25NO4. The lowest BCUT2D eigenvalue weighted by Crippen LogP contribution is -2.30. The molecule has 5 nitrogen and oxygen atoms in total. The number of ketones is 1. The molecule has 1 aliphatic carbocycles. The second-order valence-electron chi connectivity index (χ2n) is 8.06. The van der Waals surface area contributed by atoms with Crippen molar-refractivity contribution >= 4 is 16.7 Å². The fourth-order valence-electron chi connectivity index (χ4n) is 4.04. The van der Waals surface area contributed by atoms with E-state index in [1.54, 1.807) is 6.07 Å². The van der Waals surface area contributed by atoms with Crippen LogP contribution >= 0.6 is 0 Å². The van der Waals surface area contributed by atoms with Crippen molar-refractivity contribution in [2.45, 2.75) is 38.7 Å². The van der Waals surface area contributed by atoms with E-state index in [1.807, 2.05) is 31.2 Å². The number of hydrogen-bond acceptors (Lipinski definition) is 4. The summed E-state index contributed by atoms with van der Waals surface area (Å²) < 4.78 is 5.70. The Hall–Kier alpha value is -2.63. The lowest BCUT2D eigenvalue weighted by atomic mass is 9.71. The van der Waals surface area contributed by atoms with E-state index in [-0.39, 0.29) is 25.4 Å². The Morgan fingerprint density at radius 1 is 1.18 bits per heavy atom. The number of aromatic nitrogens is 1. The lowest BCUT2D eigenvalue weighted by molar-refractivity contribution is 0.0820. The van der Waals surface area contributed by atoms with Crippen LogP contribution in [0.3, 0.4) is 0 Å². The zero-order valence-electron chi connectivity index (χ0n) is 16.4. The van der Waals surface area contributed by atoms with Crippen molar-refractivity contribution in [2.75, 3.05) is 13.2 Å². The maximum absolute atomic E-state index is 13.3. The summed E-state index contributed by atoms with van der Waals surface area (Å²) >= 11 is 0. The van der Waals surface area contributed by atoms with E-state index in [0.29, 0.717) is 11.3 Å². The van der Waals surface area contributed by atoms with Gasteiger partial charge in [-0.3, -0.25) is 4.79 Å². The van der Waals surface area contributed by atoms with E-state index >= 15 is 0 Å². The normalized spacial score (nSPS) is 16.0. The number of carbonyl (C=O) groups excluding carboxylic acids is 1. The molecule has 3 N–H and O–H groups in total. The maximum Gasteiger partial charge on any atom is 0.195 e. The second kappa shape index (κ2) is 6.76. The highest BCUT2D eigenvalue weighted by Gasteiger charge is 2.39. The van der Waals surface area contributed by atoms with Crippen LogP contribution < -0.4 is 4.74 Å². The van der Waals surface area contributed by atoms with E-state index in [4.69, 9.17) is 9.84 Å². The Labute approximate surface area is 164 Å². The molecule has 146 valence electrons. The molecule has 2 aromatic carbocycles. The Kier molecular flexibility index (Phi) is 4.52. The van der Waals surface area contributed by atoms with Gasteiger partial charge in [0, 0.05) is 34.2 Å². The Morgan fingerprint density at radius 2 is 1.96 bits per heavy atom. The number of aryl methyl sites for hydroxylation is 1. The summed E-state index contributed by atoms with van der Waals surface area (Å²) in [5, 5.41) is 19.6. The number of rotatable bonds is 5. The molecule has 4 rings (SSSR count). The Bertz CT molecular complexity index is 1060. The van der Waals surface area contributed by atoms with Gasteiger partial charge in [0.25, 0.3) is 0 Å². The number of ether oxygens (including phenoxy) is 1. The number of carbonyl (C=O) groups is 1. The smallest absolute Gasteiger partial charge is 0.195 e. The molecule has 1 atom stereocenters. The molecule has 0 aliphatic heterocycles. The largest absolute Gasteiger partial charge is 0.491 e. The van der Waals surface area contributed by atoms with E-state index in [2.05, 4.69) is 24.9 Å². The van der Waals surface area contributed by atoms with Gasteiger partial charge in [-0.25, -0.2) is 0 Å². The van der Waals surface area contributed by atoms with Crippen molar-refractivity contribution in [3.05, 3.63) is 64.3 Å². The van der Waals surface area contributed by atoms with E-state index in [9.17, 15) is 9.90 Å². The monoisotopic (exact) mass is 379 g/mol. The van der Waals surface area contributed by atoms with Crippen LogP contribution in [0, 0.1) is 6.92 Å². The summed E-state index contributed by atoms with van der Waals surface area (Å²) in [6.07, 6.45) is -0.452. The Morgan fingerprint density at radius 3 is 2.71 bits per heavy atom. The molecule has 5 heteroatoms. The van der Waals surface area contributed by atoms with Gasteiger partial charge in [-0.2, -0.15) is 0 Å². The number of nitrogens with one attached hydrogen (secondary N) is 1. The standard InChI is InChI=1S/C23H25NO4/c1-13-4-6-17-19(10-13)24-22-20(17)21(27)16-7-5-15(11-18(16)23(22,2)3)28-12-14(26)8-9-25/h4-7,10-11,14,24-26H,8-9,12H2,1-3H3. The average Bonchev–Trinajstić information content (AvgIpc) is 3.04. The van der Waals surface area contributed by atoms with Crippen LogP contribution in [0.1, 0.15) is 53.0 Å². The van der Waals surface area contributed by atoms with Crippen molar-refractivity contribution in [3.63, 3.8) is 0 Å². The third-order valence-electron chi connectivity index (χ3n) is 5.62. The highest BCUT2D eigenvalue weighted by Crippen LogP contribution is 2.44. The van der Waals surface area contributed by atoms with Gasteiger partial charge < -0.3 is 19.9 Å². The Balaban J connectivity index is 1.77. The summed E-state index contributed by atoms with van der Waals surface area (Å²) in [6, 6.07) is 11.6. The van der Waals surface area contributed by atoms with Gasteiger partial charge in [0.05, 0.1) is 11.7 Å². The highest BCUT2D eigenvalue weighted by atomic mass is 16.5. The zero-order valence-corrected chi connectivity index (χ0v) is 16.4. The van der Waals surface area contributed by atoms with Crippen LogP contribution in [0.2, 0.25) is 0 Å². The van der Waals surface area contributed by atoms with E-state index in [1.165, 1.54) is 0 Å². The fourth-order valence-corrected chi connectivity index (χ4v) is 4.04. The quantitative estimate of drug-likeness (QED) is 0.634. The first kappa shape index (κ1) is 18.7. The van der Waals surface area contributed by atoms with Crippen molar-refractivity contribution in [1.29, 1.82) is 0 Å². The van der Waals surface area contributed by atoms with Gasteiger partial charge in [0.15, 0.2) is 5.78 Å². The minimum absolute atomic E-state index is 0.0197. The molecule has 0 spiro atoms. The number of aliphatic hydroxyl groups is 2. The first-order valence-electron chi connectivity index (χ1n) is 9.56. The van der Waals surface area contributed by atoms with Crippen LogP contribution in [0.15, 0.2) is 36.4 Å². The van der Waals surface area contributed by atoms with Crippen molar-refractivity contribution in [2.24, 2.45) is 0 Å². The molecule has 0 saturated carbocycles. The topological polar surface area (TPSA) is 82.6 Å². The molecule has 28 heavy (non-hydrogen) atoms. The van der Waals surface area contributed by atoms with Crippen molar-refractivity contribution < 1.29 is 19.7 Å². The third kappa shape index (κ3) is 2.91. The minimum atomic E-state index is -0.723. The molecule has 0 amide bonds. The van der Waals surface area contributed by atoms with Crippen LogP contribution in [0.5, 0.6) is 5.75 Å². The molecule has 3 aromatic rings. The molecule has 0 bridgehead atoms. The number of fused-ring (bicyclic) bond motifs is 4. The first-order valence-corrected chi connectivity index (χ1v) is 9.56. The molecule has 0 radical (unpaired) electrons. The molecule has 1 aromatic heterocycles. The van der Waals surface area contributed by atoms with Gasteiger partial charge in [-0.1, -0.05) is 26.0 Å². The van der Waals surface area contributed by atoms with Gasteiger partial charge in [-0.05, 0) is 48.7 Å². The predicted molar refractivity (Wildman–Crippen MR) is 108 cm³/mol. The summed E-state index contributed by atoms with van der Waals surface area (Å²) in [5.41, 5.74) is 4.98. The van der Waals surface area contributed by atoms with Crippen LogP contribution in [0.4, 0.5) is 0 Å². The van der Waals surface area contributed by atoms with Crippen LogP contribution in [0.25, 0.3) is 10.9 Å². The average molecular weight is 379 g/mol. The second-order valence-corrected chi connectivity index (χ2v) is 8.06. The lowest BCUT2D eigenvalue weighted by Gasteiger charge is -2.32. The summed E-state index contributed by atoms with van der Waals surface area (Å²) in [6.45, 7) is 6.26. The highest BCUT2D eigenvalue weighted by molar-refractivity contribution is 6.20. The fraction of sp³-hybridized carbons (Fsp3) is 0.348. The molecular weight excluding hydrogens is 354 g/mol. The molecule has 1 unspecified atom stereocenters. The van der Waals surface area contributed by atoms with Crippen LogP contribution in [-0.4, -0.2) is 40.3 Å². The summed E-state index contributed by atoms with van der Waals surface area (Å²) in [4.78, 5) is 16.8. The number of hydrogen-bond donors (Lipinski definition) is 3. The van der Waals surface area contributed by atoms with E-state index in [0.717, 1.165) is 33.3 Å². The van der Waals surface area contributed by atoms with Gasteiger partial charge in [0.2, 0.25) is 0 Å². The van der Waals surface area contributed by atoms with Crippen LogP contribution in [-0.2, 0) is 5.41 Å².